The highest BCUT2D eigenvalue weighted by Crippen LogP contribution is 2.25. The lowest BCUT2D eigenvalue weighted by Gasteiger charge is -2.08. The van der Waals surface area contributed by atoms with Crippen LogP contribution in [0.1, 0.15) is 43.1 Å². The zero-order valence-electron chi connectivity index (χ0n) is 10.8. The van der Waals surface area contributed by atoms with Crippen LogP contribution in [0.5, 0.6) is 0 Å². The first kappa shape index (κ1) is 12.7. The molecule has 18 heavy (non-hydrogen) atoms. The number of Topliss-reactive ketones (excluding diaryl/α,β-unsaturated/α-hetero) is 1. The summed E-state index contributed by atoms with van der Waals surface area (Å²) in [5.41, 5.74) is 0.160. The fraction of sp³-hybridized carbons (Fsp3) is 0.429. The fourth-order valence-electron chi connectivity index (χ4n) is 1.88. The van der Waals surface area contributed by atoms with Crippen LogP contribution in [0.3, 0.4) is 0 Å². The predicted octanol–water partition coefficient (Wildman–Crippen LogP) is 2.97. The van der Waals surface area contributed by atoms with Crippen molar-refractivity contribution in [1.29, 1.82) is 0 Å². The van der Waals surface area contributed by atoms with Gasteiger partial charge in [0, 0.05) is 12.0 Å². The van der Waals surface area contributed by atoms with E-state index in [0.717, 1.165) is 0 Å². The number of carbonyl (C=O) groups is 1. The van der Waals surface area contributed by atoms with Gasteiger partial charge in [-0.15, -0.1) is 0 Å². The second-order valence-electron chi connectivity index (χ2n) is 4.96. The standard InChI is InChI=1S/C14H16FNO2/c1-4-11(17)9-6-5-7-10(15)12(9)13-16-14(2,3)8-18-13/h5-7H,4,8H2,1-3H3. The second-order valence-corrected chi connectivity index (χ2v) is 4.96. The van der Waals surface area contributed by atoms with Gasteiger partial charge in [0.05, 0.1) is 11.1 Å². The van der Waals surface area contributed by atoms with Gasteiger partial charge in [-0.2, -0.15) is 0 Å². The summed E-state index contributed by atoms with van der Waals surface area (Å²) in [6.07, 6.45) is 0.327. The van der Waals surface area contributed by atoms with E-state index in [0.29, 0.717) is 18.6 Å². The molecular weight excluding hydrogens is 233 g/mol. The molecule has 0 N–H and O–H groups in total. The highest BCUT2D eigenvalue weighted by molar-refractivity contribution is 6.08. The Balaban J connectivity index is 2.54. The summed E-state index contributed by atoms with van der Waals surface area (Å²) >= 11 is 0. The SMILES string of the molecule is CCC(=O)c1cccc(F)c1C1=NC(C)(C)CO1. The van der Waals surface area contributed by atoms with Crippen LogP contribution in [0.15, 0.2) is 23.2 Å². The van der Waals surface area contributed by atoms with Gasteiger partial charge in [-0.3, -0.25) is 4.79 Å². The Morgan fingerprint density at radius 2 is 2.22 bits per heavy atom. The first-order valence-corrected chi connectivity index (χ1v) is 5.99. The van der Waals surface area contributed by atoms with E-state index in [9.17, 15) is 9.18 Å². The van der Waals surface area contributed by atoms with Crippen LogP contribution < -0.4 is 0 Å². The van der Waals surface area contributed by atoms with Gasteiger partial charge in [-0.1, -0.05) is 19.1 Å². The Hall–Kier alpha value is -1.71. The normalized spacial score (nSPS) is 17.2. The summed E-state index contributed by atoms with van der Waals surface area (Å²) < 4.78 is 19.4. The Morgan fingerprint density at radius 1 is 1.50 bits per heavy atom. The van der Waals surface area contributed by atoms with Crippen molar-refractivity contribution in [2.45, 2.75) is 32.7 Å². The van der Waals surface area contributed by atoms with Crippen LogP contribution in [0.2, 0.25) is 0 Å². The Kier molecular flexibility index (Phi) is 3.20. The van der Waals surface area contributed by atoms with E-state index in [1.165, 1.54) is 12.1 Å². The molecule has 3 nitrogen and oxygen atoms in total. The molecule has 0 saturated carbocycles. The molecule has 0 amide bonds. The summed E-state index contributed by atoms with van der Waals surface area (Å²) in [6, 6.07) is 4.46. The highest BCUT2D eigenvalue weighted by Gasteiger charge is 2.30. The lowest BCUT2D eigenvalue weighted by atomic mass is 10.0. The smallest absolute Gasteiger partial charge is 0.220 e. The minimum absolute atomic E-state index is 0.111. The summed E-state index contributed by atoms with van der Waals surface area (Å²) in [7, 11) is 0. The maximum Gasteiger partial charge on any atom is 0.220 e. The molecule has 0 bridgehead atoms. The van der Waals surface area contributed by atoms with Crippen molar-refractivity contribution in [3.63, 3.8) is 0 Å². The van der Waals surface area contributed by atoms with E-state index in [4.69, 9.17) is 4.74 Å². The van der Waals surface area contributed by atoms with Crippen molar-refractivity contribution in [1.82, 2.24) is 0 Å². The van der Waals surface area contributed by atoms with E-state index >= 15 is 0 Å². The Labute approximate surface area is 106 Å². The quantitative estimate of drug-likeness (QED) is 0.772. The average molecular weight is 249 g/mol. The van der Waals surface area contributed by atoms with E-state index in [2.05, 4.69) is 4.99 Å². The minimum Gasteiger partial charge on any atom is -0.475 e. The van der Waals surface area contributed by atoms with E-state index in [1.807, 2.05) is 13.8 Å². The molecule has 4 heteroatoms. The third-order valence-electron chi connectivity index (χ3n) is 2.82. The van der Waals surface area contributed by atoms with Gasteiger partial charge in [-0.25, -0.2) is 9.38 Å². The van der Waals surface area contributed by atoms with Gasteiger partial charge < -0.3 is 4.74 Å². The predicted molar refractivity (Wildman–Crippen MR) is 67.6 cm³/mol. The molecular formula is C14H16FNO2. The van der Waals surface area contributed by atoms with E-state index < -0.39 is 5.82 Å². The number of ether oxygens (including phenoxy) is 1. The van der Waals surface area contributed by atoms with Crippen molar-refractivity contribution in [3.8, 4) is 0 Å². The van der Waals surface area contributed by atoms with Crippen molar-refractivity contribution < 1.29 is 13.9 Å². The first-order valence-electron chi connectivity index (χ1n) is 5.99. The molecule has 0 spiro atoms. The summed E-state index contributed by atoms with van der Waals surface area (Å²) in [5, 5.41) is 0. The molecule has 0 aliphatic carbocycles. The third-order valence-corrected chi connectivity index (χ3v) is 2.82. The molecule has 1 heterocycles. The molecule has 0 aromatic heterocycles. The second kappa shape index (κ2) is 4.52. The average Bonchev–Trinajstić information content (AvgIpc) is 2.68. The van der Waals surface area contributed by atoms with Crippen molar-refractivity contribution in [3.05, 3.63) is 35.1 Å². The molecule has 0 radical (unpaired) electrons. The summed E-state index contributed by atoms with van der Waals surface area (Å²) in [5.74, 6) is -0.346. The topological polar surface area (TPSA) is 38.7 Å². The number of nitrogens with zero attached hydrogens (tertiary/aromatic N) is 1. The van der Waals surface area contributed by atoms with E-state index in [-0.39, 0.29) is 22.8 Å². The van der Waals surface area contributed by atoms with Gasteiger partial charge >= 0.3 is 0 Å². The van der Waals surface area contributed by atoms with Gasteiger partial charge in [0.1, 0.15) is 12.4 Å². The molecule has 0 fully saturated rings. The summed E-state index contributed by atoms with van der Waals surface area (Å²) in [4.78, 5) is 16.2. The van der Waals surface area contributed by atoms with Gasteiger partial charge in [0.2, 0.25) is 5.90 Å². The van der Waals surface area contributed by atoms with Crippen LogP contribution in [0, 0.1) is 5.82 Å². The summed E-state index contributed by atoms with van der Waals surface area (Å²) in [6.45, 7) is 5.96. The Bertz CT molecular complexity index is 521. The Morgan fingerprint density at radius 3 is 2.78 bits per heavy atom. The molecule has 0 saturated heterocycles. The minimum atomic E-state index is -0.467. The molecule has 1 aliphatic rings. The van der Waals surface area contributed by atoms with Crippen molar-refractivity contribution in [2.75, 3.05) is 6.61 Å². The van der Waals surface area contributed by atoms with Crippen LogP contribution in [0.25, 0.3) is 0 Å². The monoisotopic (exact) mass is 249 g/mol. The number of carbonyl (C=O) groups excluding carboxylic acids is 1. The van der Waals surface area contributed by atoms with Crippen LogP contribution in [-0.2, 0) is 4.74 Å². The van der Waals surface area contributed by atoms with Crippen LogP contribution in [0.4, 0.5) is 4.39 Å². The number of ketones is 1. The maximum absolute atomic E-state index is 13.9. The van der Waals surface area contributed by atoms with Crippen molar-refractivity contribution in [2.24, 2.45) is 4.99 Å². The third kappa shape index (κ3) is 2.28. The lowest BCUT2D eigenvalue weighted by Crippen LogP contribution is -2.17. The molecule has 1 aromatic carbocycles. The zero-order chi connectivity index (χ0) is 13.3. The van der Waals surface area contributed by atoms with E-state index in [1.54, 1.807) is 13.0 Å². The molecule has 1 aromatic rings. The van der Waals surface area contributed by atoms with Crippen molar-refractivity contribution >= 4 is 11.7 Å². The maximum atomic E-state index is 13.9. The first-order chi connectivity index (χ1) is 8.44. The largest absolute Gasteiger partial charge is 0.475 e. The molecule has 0 unspecified atom stereocenters. The van der Waals surface area contributed by atoms with Gasteiger partial charge in [0.15, 0.2) is 5.78 Å². The van der Waals surface area contributed by atoms with Crippen LogP contribution >= 0.6 is 0 Å². The number of hydrogen-bond acceptors (Lipinski definition) is 3. The molecule has 96 valence electrons. The number of rotatable bonds is 3. The number of hydrogen-bond donors (Lipinski definition) is 0. The van der Waals surface area contributed by atoms with Crippen LogP contribution in [-0.4, -0.2) is 23.8 Å². The van der Waals surface area contributed by atoms with Gasteiger partial charge in [-0.05, 0) is 19.9 Å². The van der Waals surface area contributed by atoms with Gasteiger partial charge in [0.25, 0.3) is 0 Å². The zero-order valence-corrected chi connectivity index (χ0v) is 10.8. The highest BCUT2D eigenvalue weighted by atomic mass is 19.1. The number of aliphatic imine (C=N–C) groups is 1. The molecule has 0 atom stereocenters. The number of benzene rings is 1. The lowest BCUT2D eigenvalue weighted by molar-refractivity contribution is 0.0987. The molecule has 1 aliphatic heterocycles. The molecule has 2 rings (SSSR count). The fourth-order valence-corrected chi connectivity index (χ4v) is 1.88. The number of halogens is 1.